The Kier molecular flexibility index (Phi) is 3.96. The summed E-state index contributed by atoms with van der Waals surface area (Å²) in [6.45, 7) is 8.77. The largest absolute Gasteiger partial charge is 0.375 e. The lowest BCUT2D eigenvalue weighted by Gasteiger charge is -2.09. The third kappa shape index (κ3) is 3.19. The third-order valence-corrected chi connectivity index (χ3v) is 1.80. The summed E-state index contributed by atoms with van der Waals surface area (Å²) in [6, 6.07) is 2.01. The SMILES string of the molecule is CCOCc1ccnn1CC(C)C. The molecule has 0 unspecified atom stereocenters. The van der Waals surface area contributed by atoms with Crippen molar-refractivity contribution in [3.05, 3.63) is 18.0 Å². The molecule has 0 amide bonds. The monoisotopic (exact) mass is 182 g/mol. The Bertz CT molecular complexity index is 243. The predicted molar refractivity (Wildman–Crippen MR) is 52.4 cm³/mol. The molecule has 3 nitrogen and oxygen atoms in total. The molecule has 0 aliphatic rings. The van der Waals surface area contributed by atoms with Crippen molar-refractivity contribution in [2.45, 2.75) is 33.9 Å². The van der Waals surface area contributed by atoms with Crippen molar-refractivity contribution >= 4 is 0 Å². The van der Waals surface area contributed by atoms with Gasteiger partial charge in [-0.3, -0.25) is 4.68 Å². The van der Waals surface area contributed by atoms with Crippen LogP contribution in [0.5, 0.6) is 0 Å². The highest BCUT2D eigenvalue weighted by Gasteiger charge is 2.03. The second kappa shape index (κ2) is 5.02. The van der Waals surface area contributed by atoms with Gasteiger partial charge in [-0.1, -0.05) is 13.8 Å². The van der Waals surface area contributed by atoms with Gasteiger partial charge in [-0.2, -0.15) is 5.10 Å². The molecule has 0 fully saturated rings. The first kappa shape index (κ1) is 10.3. The molecule has 0 aliphatic carbocycles. The fourth-order valence-electron chi connectivity index (χ4n) is 1.20. The minimum absolute atomic E-state index is 0.625. The zero-order chi connectivity index (χ0) is 9.68. The molecule has 1 aromatic rings. The van der Waals surface area contributed by atoms with E-state index in [9.17, 15) is 0 Å². The standard InChI is InChI=1S/C10H18N2O/c1-4-13-8-10-5-6-11-12(10)7-9(2)3/h5-6,9H,4,7-8H2,1-3H3. The molecule has 0 aliphatic heterocycles. The summed E-state index contributed by atoms with van der Waals surface area (Å²) in [7, 11) is 0. The first-order chi connectivity index (χ1) is 6.24. The molecule has 1 rings (SSSR count). The van der Waals surface area contributed by atoms with Gasteiger partial charge in [-0.25, -0.2) is 0 Å². The van der Waals surface area contributed by atoms with Crippen molar-refractivity contribution in [1.29, 1.82) is 0 Å². The fourth-order valence-corrected chi connectivity index (χ4v) is 1.20. The van der Waals surface area contributed by atoms with E-state index in [0.717, 1.165) is 18.8 Å². The van der Waals surface area contributed by atoms with Crippen LogP contribution in [-0.2, 0) is 17.9 Å². The molecule has 0 aromatic carbocycles. The Morgan fingerprint density at radius 1 is 1.54 bits per heavy atom. The van der Waals surface area contributed by atoms with Gasteiger partial charge in [0.25, 0.3) is 0 Å². The second-order valence-electron chi connectivity index (χ2n) is 3.54. The third-order valence-electron chi connectivity index (χ3n) is 1.80. The van der Waals surface area contributed by atoms with E-state index in [4.69, 9.17) is 4.74 Å². The second-order valence-corrected chi connectivity index (χ2v) is 3.54. The van der Waals surface area contributed by atoms with Crippen LogP contribution in [0, 0.1) is 5.92 Å². The van der Waals surface area contributed by atoms with Gasteiger partial charge in [0.15, 0.2) is 0 Å². The molecule has 0 atom stereocenters. The van der Waals surface area contributed by atoms with Gasteiger partial charge in [0.1, 0.15) is 0 Å². The van der Waals surface area contributed by atoms with Crippen molar-refractivity contribution in [2.24, 2.45) is 5.92 Å². The summed E-state index contributed by atoms with van der Waals surface area (Å²) >= 11 is 0. The van der Waals surface area contributed by atoms with E-state index in [0.29, 0.717) is 12.5 Å². The molecule has 0 bridgehead atoms. The Morgan fingerprint density at radius 3 is 2.92 bits per heavy atom. The van der Waals surface area contributed by atoms with Gasteiger partial charge in [0.2, 0.25) is 0 Å². The molecule has 3 heteroatoms. The first-order valence-corrected chi connectivity index (χ1v) is 4.82. The molecule has 0 radical (unpaired) electrons. The summed E-state index contributed by atoms with van der Waals surface area (Å²) in [5.74, 6) is 0.625. The van der Waals surface area contributed by atoms with Crippen LogP contribution >= 0.6 is 0 Å². The maximum Gasteiger partial charge on any atom is 0.0884 e. The van der Waals surface area contributed by atoms with E-state index >= 15 is 0 Å². The topological polar surface area (TPSA) is 27.1 Å². The van der Waals surface area contributed by atoms with Crippen molar-refractivity contribution in [1.82, 2.24) is 9.78 Å². The van der Waals surface area contributed by atoms with E-state index < -0.39 is 0 Å². The molecule has 1 aromatic heterocycles. The molecule has 13 heavy (non-hydrogen) atoms. The zero-order valence-electron chi connectivity index (χ0n) is 8.66. The Balaban J connectivity index is 2.55. The van der Waals surface area contributed by atoms with Crippen molar-refractivity contribution in [3.63, 3.8) is 0 Å². The van der Waals surface area contributed by atoms with Gasteiger partial charge >= 0.3 is 0 Å². The highest BCUT2D eigenvalue weighted by molar-refractivity contribution is 4.98. The lowest BCUT2D eigenvalue weighted by molar-refractivity contribution is 0.127. The van der Waals surface area contributed by atoms with Crippen molar-refractivity contribution < 1.29 is 4.74 Å². The summed E-state index contributed by atoms with van der Waals surface area (Å²) < 4.78 is 7.35. The van der Waals surface area contributed by atoms with Gasteiger partial charge in [-0.05, 0) is 18.9 Å². The average molecular weight is 182 g/mol. The van der Waals surface area contributed by atoms with Gasteiger partial charge in [-0.15, -0.1) is 0 Å². The Labute approximate surface area is 79.7 Å². The van der Waals surface area contributed by atoms with E-state index in [2.05, 4.69) is 18.9 Å². The number of nitrogens with zero attached hydrogens (tertiary/aromatic N) is 2. The highest BCUT2D eigenvalue weighted by Crippen LogP contribution is 2.04. The molecule has 1 heterocycles. The predicted octanol–water partition coefficient (Wildman–Crippen LogP) is 2.08. The van der Waals surface area contributed by atoms with Gasteiger partial charge < -0.3 is 4.74 Å². The average Bonchev–Trinajstić information content (AvgIpc) is 2.48. The number of hydrogen-bond donors (Lipinski definition) is 0. The number of ether oxygens (including phenoxy) is 1. The number of rotatable bonds is 5. The Hall–Kier alpha value is -0.830. The van der Waals surface area contributed by atoms with Crippen LogP contribution in [0.3, 0.4) is 0 Å². The van der Waals surface area contributed by atoms with Crippen LogP contribution in [0.4, 0.5) is 0 Å². The van der Waals surface area contributed by atoms with E-state index in [1.807, 2.05) is 23.9 Å². The highest BCUT2D eigenvalue weighted by atomic mass is 16.5. The lowest BCUT2D eigenvalue weighted by Crippen LogP contribution is -2.10. The molecule has 0 saturated carbocycles. The van der Waals surface area contributed by atoms with Crippen LogP contribution < -0.4 is 0 Å². The van der Waals surface area contributed by atoms with Crippen LogP contribution in [0.1, 0.15) is 26.5 Å². The summed E-state index contributed by atoms with van der Waals surface area (Å²) in [5, 5.41) is 4.25. The molecular formula is C10H18N2O. The van der Waals surface area contributed by atoms with E-state index in [1.54, 1.807) is 0 Å². The van der Waals surface area contributed by atoms with Crippen LogP contribution in [0.2, 0.25) is 0 Å². The number of hydrogen-bond acceptors (Lipinski definition) is 2. The first-order valence-electron chi connectivity index (χ1n) is 4.82. The van der Waals surface area contributed by atoms with Gasteiger partial charge in [0, 0.05) is 19.3 Å². The van der Waals surface area contributed by atoms with E-state index in [1.165, 1.54) is 0 Å². The van der Waals surface area contributed by atoms with Crippen molar-refractivity contribution in [2.75, 3.05) is 6.61 Å². The maximum atomic E-state index is 5.34. The summed E-state index contributed by atoms with van der Waals surface area (Å²) in [4.78, 5) is 0. The normalized spacial score (nSPS) is 11.1. The Morgan fingerprint density at radius 2 is 2.31 bits per heavy atom. The number of aromatic nitrogens is 2. The minimum Gasteiger partial charge on any atom is -0.375 e. The van der Waals surface area contributed by atoms with Crippen LogP contribution in [0.15, 0.2) is 12.3 Å². The lowest BCUT2D eigenvalue weighted by atomic mass is 10.2. The van der Waals surface area contributed by atoms with Crippen LogP contribution in [-0.4, -0.2) is 16.4 Å². The molecular weight excluding hydrogens is 164 g/mol. The summed E-state index contributed by atoms with van der Waals surface area (Å²) in [6.07, 6.45) is 1.83. The minimum atomic E-state index is 0.625. The molecule has 0 saturated heterocycles. The fraction of sp³-hybridized carbons (Fsp3) is 0.700. The molecule has 74 valence electrons. The molecule has 0 N–H and O–H groups in total. The van der Waals surface area contributed by atoms with Crippen molar-refractivity contribution in [3.8, 4) is 0 Å². The van der Waals surface area contributed by atoms with Gasteiger partial charge in [0.05, 0.1) is 12.3 Å². The quantitative estimate of drug-likeness (QED) is 0.697. The smallest absolute Gasteiger partial charge is 0.0884 e. The summed E-state index contributed by atoms with van der Waals surface area (Å²) in [5.41, 5.74) is 1.16. The zero-order valence-corrected chi connectivity index (χ0v) is 8.66. The van der Waals surface area contributed by atoms with Crippen LogP contribution in [0.25, 0.3) is 0 Å². The molecule has 0 spiro atoms. The maximum absolute atomic E-state index is 5.34. The van der Waals surface area contributed by atoms with E-state index in [-0.39, 0.29) is 0 Å².